The Morgan fingerprint density at radius 3 is 1.01 bits per heavy atom. The van der Waals surface area contributed by atoms with Crippen LogP contribution in [-0.2, 0) is 33.9 Å². The van der Waals surface area contributed by atoms with E-state index < -0.39 is 11.9 Å². The molecular weight excluding hydrogens is 933 g/mol. The number of ether oxygens (including phenoxy) is 4. The summed E-state index contributed by atoms with van der Waals surface area (Å²) in [5.41, 5.74) is 3.87. The molecule has 0 amide bonds. The van der Waals surface area contributed by atoms with Crippen LogP contribution in [0.5, 0.6) is 34.5 Å². The van der Waals surface area contributed by atoms with Gasteiger partial charge < -0.3 is 29.2 Å². The molecule has 4 aromatic carbocycles. The molecule has 0 aromatic heterocycles. The van der Waals surface area contributed by atoms with Crippen LogP contribution in [0.2, 0.25) is 0 Å². The van der Waals surface area contributed by atoms with Gasteiger partial charge in [-0.2, -0.15) is 0 Å². The van der Waals surface area contributed by atoms with Crippen molar-refractivity contribution in [3.63, 3.8) is 0 Å². The Hall–Kier alpha value is -4.29. The molecule has 2 aliphatic rings. The number of unbranched alkanes of at least 4 members (excludes halogenated alkanes) is 25. The van der Waals surface area contributed by atoms with Gasteiger partial charge in [0.05, 0.1) is 13.2 Å². The maximum Gasteiger partial charge on any atom is 0.339 e. The van der Waals surface area contributed by atoms with Crippen LogP contribution in [0, 0.1) is 0 Å². The van der Waals surface area contributed by atoms with Gasteiger partial charge in [0.2, 0.25) is 0 Å². The van der Waals surface area contributed by atoms with Crippen molar-refractivity contribution < 1.29 is 59.8 Å². The van der Waals surface area contributed by atoms with Crippen LogP contribution in [0.4, 0.5) is 0 Å². The number of fused-ring (bicyclic) bond motifs is 4. The van der Waals surface area contributed by atoms with Gasteiger partial charge in [-0.05, 0) is 60.4 Å². The van der Waals surface area contributed by atoms with E-state index in [-0.39, 0.29) is 32.2 Å². The second-order valence-corrected chi connectivity index (χ2v) is 18.7. The third-order valence-electron chi connectivity index (χ3n) is 13.3. The number of carboxylic acid groups (broad SMARTS) is 2. The molecule has 0 unspecified atom stereocenters. The van der Waals surface area contributed by atoms with Crippen molar-refractivity contribution in [2.45, 2.75) is 200 Å². The fourth-order valence-electron chi connectivity index (χ4n) is 9.36. The fourth-order valence-corrected chi connectivity index (χ4v) is 9.36. The number of carboxylic acids is 2. The van der Waals surface area contributed by atoms with Gasteiger partial charge in [0.15, 0.2) is 0 Å². The van der Waals surface area contributed by atoms with E-state index in [1.54, 1.807) is 12.1 Å². The Balaban J connectivity index is 0.000000292. The molecule has 2 N–H and O–H groups in total. The molecule has 68 heavy (non-hydrogen) atoms. The maximum absolute atomic E-state index is 12.0. The third-order valence-corrected chi connectivity index (χ3v) is 13.3. The fraction of sp³-hybridized carbons (Fsp3) is 0.559. The molecule has 9 heteroatoms. The second kappa shape index (κ2) is 33.3. The summed E-state index contributed by atoms with van der Waals surface area (Å²) in [7, 11) is 0. The molecule has 2 heterocycles. The van der Waals surface area contributed by atoms with Gasteiger partial charge in [0.1, 0.15) is 45.6 Å². The summed E-state index contributed by atoms with van der Waals surface area (Å²) in [4.78, 5) is 24.0. The zero-order chi connectivity index (χ0) is 47.3. The summed E-state index contributed by atoms with van der Waals surface area (Å²) in [5, 5.41) is 19.7. The van der Waals surface area contributed by atoms with Crippen molar-refractivity contribution in [3.05, 3.63) is 106 Å². The number of rotatable bonds is 33. The Bertz CT molecular complexity index is 2060. The first kappa shape index (κ1) is 56.3. The number of para-hydroxylation sites is 2. The van der Waals surface area contributed by atoms with Gasteiger partial charge in [-0.3, -0.25) is 0 Å². The average Bonchev–Trinajstić information content (AvgIpc) is 3.33. The third kappa shape index (κ3) is 19.2. The first-order valence-electron chi connectivity index (χ1n) is 26.5. The van der Waals surface area contributed by atoms with E-state index in [2.05, 4.69) is 13.8 Å². The topological polar surface area (TPSA) is 112 Å². The zero-order valence-electron chi connectivity index (χ0n) is 41.6. The van der Waals surface area contributed by atoms with Crippen molar-refractivity contribution in [2.75, 3.05) is 13.2 Å². The van der Waals surface area contributed by atoms with Crippen LogP contribution in [0.25, 0.3) is 0 Å². The van der Waals surface area contributed by atoms with Crippen LogP contribution in [0.1, 0.15) is 230 Å². The molecule has 6 rings (SSSR count). The van der Waals surface area contributed by atoms with E-state index in [1.807, 2.05) is 60.7 Å². The van der Waals surface area contributed by atoms with Gasteiger partial charge in [-0.1, -0.05) is 211 Å². The summed E-state index contributed by atoms with van der Waals surface area (Å²) < 4.78 is 23.7. The second-order valence-electron chi connectivity index (χ2n) is 18.7. The molecule has 0 spiro atoms. The predicted molar refractivity (Wildman–Crippen MR) is 272 cm³/mol. The van der Waals surface area contributed by atoms with Crippen LogP contribution in [0.3, 0.4) is 0 Å². The van der Waals surface area contributed by atoms with Crippen molar-refractivity contribution in [1.29, 1.82) is 0 Å². The smallest absolute Gasteiger partial charge is 0.339 e. The maximum atomic E-state index is 12.0. The van der Waals surface area contributed by atoms with E-state index in [4.69, 9.17) is 18.9 Å². The van der Waals surface area contributed by atoms with Gasteiger partial charge >= 0.3 is 11.9 Å². The first-order valence-corrected chi connectivity index (χ1v) is 26.5. The van der Waals surface area contributed by atoms with Gasteiger partial charge in [-0.15, -0.1) is 0 Å². The van der Waals surface area contributed by atoms with Gasteiger partial charge in [0.25, 0.3) is 0 Å². The minimum absolute atomic E-state index is 0. The van der Waals surface area contributed by atoms with Crippen LogP contribution < -0.4 is 18.9 Å². The monoisotopic (exact) mass is 1020 g/mol. The molecule has 0 saturated carbocycles. The van der Waals surface area contributed by atoms with Crippen LogP contribution in [-0.4, -0.2) is 35.4 Å². The minimum Gasteiger partial charge on any atom is -0.493 e. The Morgan fingerprint density at radius 1 is 0.412 bits per heavy atom. The van der Waals surface area contributed by atoms with Crippen LogP contribution in [0.15, 0.2) is 72.8 Å². The molecule has 0 radical (unpaired) electrons. The van der Waals surface area contributed by atoms with E-state index in [9.17, 15) is 19.8 Å². The molecular formula is C59H82MoO8. The quantitative estimate of drug-likeness (QED) is 0.0310. The zero-order valence-corrected chi connectivity index (χ0v) is 43.6. The molecule has 0 fully saturated rings. The number of benzene rings is 4. The van der Waals surface area contributed by atoms with E-state index >= 15 is 0 Å². The summed E-state index contributed by atoms with van der Waals surface area (Å²) in [5.74, 6) is 1.78. The molecule has 8 nitrogen and oxygen atoms in total. The molecule has 2 aliphatic heterocycles. The van der Waals surface area contributed by atoms with Crippen molar-refractivity contribution in [3.8, 4) is 34.5 Å². The first-order chi connectivity index (χ1) is 32.9. The molecule has 0 saturated heterocycles. The standard InChI is InChI=1S/C30H42O4.C29H40O4.Mo/c1-2-3-4-5-6-7-8-9-10-11-12-13-14-17-22-33-28-21-20-27-25(29(28)30(31)32)23-24-18-15-16-19-26(24)34-27;1-2-3-4-5-6-7-8-9-10-11-12-13-16-21-32-27-20-19-26-24(28(27)29(30)31)22-23-17-14-15-18-25(23)33-26;/h15-16,18-21H,2-14,17,22-23H2,1H3,(H,31,32);14-15,17-20H,2-13,16,21-22H2,1H3,(H,30,31);. The summed E-state index contributed by atoms with van der Waals surface area (Å²) in [6.07, 6.45) is 36.4. The van der Waals surface area contributed by atoms with E-state index in [0.29, 0.717) is 60.2 Å². The Morgan fingerprint density at radius 2 is 0.706 bits per heavy atom. The number of hydrogen-bond donors (Lipinski definition) is 2. The van der Waals surface area contributed by atoms with Crippen molar-refractivity contribution in [1.82, 2.24) is 0 Å². The largest absolute Gasteiger partial charge is 0.493 e. The van der Waals surface area contributed by atoms with Gasteiger partial charge in [0, 0.05) is 45.0 Å². The minimum atomic E-state index is -0.963. The SMILES string of the molecule is CCCCCCCCCCCCCCCCOc1ccc2c(c1C(=O)O)Cc1ccccc1O2.CCCCCCCCCCCCCCCOc1ccc2c(c1C(=O)O)Cc1ccccc1O2.[Mo]. The molecule has 372 valence electrons. The predicted octanol–water partition coefficient (Wildman–Crippen LogP) is 17.5. The number of hydrogen-bond acceptors (Lipinski definition) is 6. The molecule has 0 bridgehead atoms. The average molecular weight is 1020 g/mol. The van der Waals surface area contributed by atoms with Crippen molar-refractivity contribution in [2.24, 2.45) is 0 Å². The van der Waals surface area contributed by atoms with Crippen molar-refractivity contribution >= 4 is 11.9 Å². The molecule has 0 atom stereocenters. The number of carbonyl (C=O) groups is 2. The van der Waals surface area contributed by atoms with Crippen LogP contribution >= 0.6 is 0 Å². The Kier molecular flexibility index (Phi) is 27.6. The van der Waals surface area contributed by atoms with E-state index in [1.165, 1.54) is 148 Å². The Labute approximate surface area is 423 Å². The normalized spacial score (nSPS) is 11.9. The summed E-state index contributed by atoms with van der Waals surface area (Å²) in [6.45, 7) is 5.64. The molecule has 4 aromatic rings. The molecule has 0 aliphatic carbocycles. The summed E-state index contributed by atoms with van der Waals surface area (Å²) >= 11 is 0. The van der Waals surface area contributed by atoms with E-state index in [0.717, 1.165) is 48.3 Å². The summed E-state index contributed by atoms with van der Waals surface area (Å²) in [6, 6.07) is 22.7. The number of aromatic carboxylic acids is 2. The van der Waals surface area contributed by atoms with Gasteiger partial charge in [-0.25, -0.2) is 9.59 Å².